The summed E-state index contributed by atoms with van der Waals surface area (Å²) in [6.07, 6.45) is 4.83. The Hall–Kier alpha value is -2.96. The van der Waals surface area contributed by atoms with Crippen molar-refractivity contribution in [2.75, 3.05) is 13.2 Å². The van der Waals surface area contributed by atoms with Crippen LogP contribution in [0.1, 0.15) is 24.9 Å². The van der Waals surface area contributed by atoms with Gasteiger partial charge in [-0.05, 0) is 30.7 Å². The molecule has 0 spiro atoms. The highest BCUT2D eigenvalue weighted by molar-refractivity contribution is 6.08. The third-order valence-corrected chi connectivity index (χ3v) is 5.89. The van der Waals surface area contributed by atoms with Gasteiger partial charge in [0.1, 0.15) is 6.54 Å². The second-order valence-corrected chi connectivity index (χ2v) is 7.62. The highest BCUT2D eigenvalue weighted by Crippen LogP contribution is 2.52. The maximum atomic E-state index is 12.5. The van der Waals surface area contributed by atoms with Crippen molar-refractivity contribution in [2.45, 2.75) is 19.4 Å². The van der Waals surface area contributed by atoms with Crippen LogP contribution in [0.15, 0.2) is 42.5 Å². The molecule has 0 aromatic heterocycles. The number of amides is 3. The van der Waals surface area contributed by atoms with Gasteiger partial charge in [-0.3, -0.25) is 24.1 Å². The van der Waals surface area contributed by atoms with Gasteiger partial charge < -0.3 is 10.1 Å². The number of allylic oxidation sites excluding steroid dienone is 2. The van der Waals surface area contributed by atoms with E-state index in [4.69, 9.17) is 4.74 Å². The van der Waals surface area contributed by atoms with E-state index in [2.05, 4.69) is 5.32 Å². The molecule has 0 radical (unpaired) electrons. The van der Waals surface area contributed by atoms with Crippen LogP contribution in [0.4, 0.5) is 0 Å². The quantitative estimate of drug-likeness (QED) is 0.454. The number of rotatable bonds is 6. The van der Waals surface area contributed by atoms with E-state index in [0.717, 1.165) is 16.9 Å². The Balaban J connectivity index is 1.27. The van der Waals surface area contributed by atoms with Crippen LogP contribution in [0.25, 0.3) is 0 Å². The number of esters is 1. The molecule has 4 rings (SSSR count). The van der Waals surface area contributed by atoms with Gasteiger partial charge in [0.05, 0.1) is 17.9 Å². The van der Waals surface area contributed by atoms with Gasteiger partial charge in [0, 0.05) is 0 Å². The lowest BCUT2D eigenvalue weighted by Crippen LogP contribution is -2.39. The molecule has 146 valence electrons. The highest BCUT2D eigenvalue weighted by atomic mass is 16.5. The number of likely N-dealkylation sites (tertiary alicyclic amines) is 1. The lowest BCUT2D eigenvalue weighted by atomic mass is 9.85. The monoisotopic (exact) mass is 382 g/mol. The molecule has 1 saturated carbocycles. The van der Waals surface area contributed by atoms with E-state index in [9.17, 15) is 19.2 Å². The third-order valence-electron chi connectivity index (χ3n) is 5.89. The van der Waals surface area contributed by atoms with E-state index >= 15 is 0 Å². The zero-order valence-electron chi connectivity index (χ0n) is 15.5. The van der Waals surface area contributed by atoms with Gasteiger partial charge in [0.25, 0.3) is 5.91 Å². The first-order valence-electron chi connectivity index (χ1n) is 9.49. The Morgan fingerprint density at radius 2 is 1.71 bits per heavy atom. The molecule has 28 heavy (non-hydrogen) atoms. The molecule has 7 nitrogen and oxygen atoms in total. The number of nitrogens with zero attached hydrogens (tertiary/aromatic N) is 1. The minimum atomic E-state index is -0.760. The fraction of sp³-hybridized carbons (Fsp3) is 0.429. The first-order chi connectivity index (χ1) is 13.5. The van der Waals surface area contributed by atoms with E-state index in [1.807, 2.05) is 49.4 Å². The van der Waals surface area contributed by atoms with Crippen molar-refractivity contribution in [1.29, 1.82) is 0 Å². The molecule has 3 aliphatic rings. The minimum absolute atomic E-state index is 0.0951. The molecule has 1 heterocycles. The van der Waals surface area contributed by atoms with Gasteiger partial charge in [-0.25, -0.2) is 0 Å². The summed E-state index contributed by atoms with van der Waals surface area (Å²) in [7, 11) is 0. The van der Waals surface area contributed by atoms with Gasteiger partial charge in [-0.15, -0.1) is 0 Å². The van der Waals surface area contributed by atoms with Gasteiger partial charge in [0.2, 0.25) is 11.8 Å². The fourth-order valence-electron chi connectivity index (χ4n) is 4.55. The molecule has 1 aromatic carbocycles. The molecule has 1 N–H and O–H groups in total. The summed E-state index contributed by atoms with van der Waals surface area (Å²) in [5.74, 6) is -2.30. The molecule has 1 aromatic rings. The molecular weight excluding hydrogens is 360 g/mol. The van der Waals surface area contributed by atoms with Crippen LogP contribution < -0.4 is 5.32 Å². The third kappa shape index (κ3) is 3.21. The largest absolute Gasteiger partial charge is 0.454 e. The molecule has 0 unspecified atom stereocenters. The normalized spacial score (nSPS) is 28.4. The van der Waals surface area contributed by atoms with E-state index in [1.54, 1.807) is 0 Å². The predicted octanol–water partition coefficient (Wildman–Crippen LogP) is 1.21. The zero-order chi connectivity index (χ0) is 19.8. The van der Waals surface area contributed by atoms with Crippen molar-refractivity contribution in [3.8, 4) is 0 Å². The molecule has 2 fully saturated rings. The second kappa shape index (κ2) is 7.22. The number of benzene rings is 1. The number of ether oxygens (including phenoxy) is 1. The molecule has 1 aliphatic heterocycles. The Morgan fingerprint density at radius 3 is 2.32 bits per heavy atom. The van der Waals surface area contributed by atoms with E-state index in [1.165, 1.54) is 0 Å². The molecule has 7 heteroatoms. The van der Waals surface area contributed by atoms with Crippen LogP contribution >= 0.6 is 0 Å². The summed E-state index contributed by atoms with van der Waals surface area (Å²) >= 11 is 0. The Labute approximate surface area is 162 Å². The average molecular weight is 382 g/mol. The Morgan fingerprint density at radius 1 is 1.11 bits per heavy atom. The van der Waals surface area contributed by atoms with Crippen molar-refractivity contribution in [2.24, 2.45) is 23.7 Å². The summed E-state index contributed by atoms with van der Waals surface area (Å²) in [6, 6.07) is 9.19. The lowest BCUT2D eigenvalue weighted by molar-refractivity contribution is -0.155. The van der Waals surface area contributed by atoms with Crippen LogP contribution in [0.3, 0.4) is 0 Å². The fourth-order valence-corrected chi connectivity index (χ4v) is 4.55. The van der Waals surface area contributed by atoms with Crippen molar-refractivity contribution in [3.05, 3.63) is 48.0 Å². The number of imide groups is 1. The molecule has 5 atom stereocenters. The lowest BCUT2D eigenvalue weighted by Gasteiger charge is -2.17. The van der Waals surface area contributed by atoms with Gasteiger partial charge >= 0.3 is 5.97 Å². The van der Waals surface area contributed by atoms with Crippen LogP contribution in [-0.2, 0) is 23.9 Å². The smallest absolute Gasteiger partial charge is 0.326 e. The zero-order valence-corrected chi connectivity index (χ0v) is 15.5. The minimum Gasteiger partial charge on any atom is -0.454 e. The number of carbonyl (C=O) groups excluding carboxylic acids is 4. The standard InChI is InChI=1S/C21H22N2O5/c1-12(13-5-3-2-4-6-13)22-16(24)11-28-17(25)10-23-20(26)18-14-7-8-15(9-14)19(18)21(23)27/h2-8,12,14-15,18-19H,9-11H2,1H3,(H,22,24)/t12-,14-,15-,18-,19+/m0/s1. The van der Waals surface area contributed by atoms with Crippen LogP contribution in [0, 0.1) is 23.7 Å². The molecule has 2 aliphatic carbocycles. The Kier molecular flexibility index (Phi) is 4.75. The molecule has 3 amide bonds. The van der Waals surface area contributed by atoms with Crippen LogP contribution in [0.2, 0.25) is 0 Å². The van der Waals surface area contributed by atoms with Gasteiger partial charge in [-0.1, -0.05) is 42.5 Å². The second-order valence-electron chi connectivity index (χ2n) is 7.62. The number of hydrogen-bond donors (Lipinski definition) is 1. The van der Waals surface area contributed by atoms with Gasteiger partial charge in [0.15, 0.2) is 6.61 Å². The highest BCUT2D eigenvalue weighted by Gasteiger charge is 2.59. The van der Waals surface area contributed by atoms with E-state index in [-0.39, 0.29) is 41.5 Å². The van der Waals surface area contributed by atoms with Crippen LogP contribution in [-0.4, -0.2) is 41.7 Å². The van der Waals surface area contributed by atoms with Crippen molar-refractivity contribution >= 4 is 23.7 Å². The average Bonchev–Trinajstić information content (AvgIpc) is 3.37. The predicted molar refractivity (Wildman–Crippen MR) is 98.4 cm³/mol. The Bertz CT molecular complexity index is 820. The van der Waals surface area contributed by atoms with Crippen molar-refractivity contribution < 1.29 is 23.9 Å². The summed E-state index contributed by atoms with van der Waals surface area (Å²) in [4.78, 5) is 50.2. The summed E-state index contributed by atoms with van der Waals surface area (Å²) in [5.41, 5.74) is 0.935. The maximum Gasteiger partial charge on any atom is 0.326 e. The van der Waals surface area contributed by atoms with E-state index in [0.29, 0.717) is 0 Å². The number of nitrogens with one attached hydrogen (secondary N) is 1. The van der Waals surface area contributed by atoms with Gasteiger partial charge in [-0.2, -0.15) is 0 Å². The molecule has 1 saturated heterocycles. The first kappa shape index (κ1) is 18.4. The summed E-state index contributed by atoms with van der Waals surface area (Å²) in [6.45, 7) is 0.940. The summed E-state index contributed by atoms with van der Waals surface area (Å²) < 4.78 is 4.98. The molecule has 2 bridgehead atoms. The topological polar surface area (TPSA) is 92.8 Å². The number of carbonyl (C=O) groups is 4. The maximum absolute atomic E-state index is 12.5. The van der Waals surface area contributed by atoms with Crippen LogP contribution in [0.5, 0.6) is 0 Å². The summed E-state index contributed by atoms with van der Waals surface area (Å²) in [5, 5.41) is 2.74. The first-order valence-corrected chi connectivity index (χ1v) is 9.49. The number of hydrogen-bond acceptors (Lipinski definition) is 5. The SMILES string of the molecule is C[C@H](NC(=O)COC(=O)CN1C(=O)[C@@H]2[C@H](C1=O)[C@H]1C=C[C@H]2C1)c1ccccc1. The van der Waals surface area contributed by atoms with Crippen molar-refractivity contribution in [1.82, 2.24) is 10.2 Å². The van der Waals surface area contributed by atoms with Crippen molar-refractivity contribution in [3.63, 3.8) is 0 Å². The number of fused-ring (bicyclic) bond motifs is 5. The molecular formula is C21H22N2O5. The van der Waals surface area contributed by atoms with E-state index < -0.39 is 25.0 Å².